The molecule has 0 saturated heterocycles. The van der Waals surface area contributed by atoms with Gasteiger partial charge >= 0.3 is 0 Å². The summed E-state index contributed by atoms with van der Waals surface area (Å²) in [5, 5.41) is 0.919. The number of hydrogen-bond donors (Lipinski definition) is 0. The summed E-state index contributed by atoms with van der Waals surface area (Å²) in [5.41, 5.74) is 0.648. The van der Waals surface area contributed by atoms with Crippen molar-refractivity contribution in [3.63, 3.8) is 0 Å². The molecule has 3 rings (SSSR count). The molecule has 0 aliphatic rings. The molecular formula is C18H13Cl3N2O2S2. The van der Waals surface area contributed by atoms with Gasteiger partial charge in [-0.3, -0.25) is 4.79 Å². The van der Waals surface area contributed by atoms with Crippen LogP contribution in [0.3, 0.4) is 0 Å². The Labute approximate surface area is 180 Å². The smallest absolute Gasteiger partial charge is 0.285 e. The van der Waals surface area contributed by atoms with Gasteiger partial charge in [0.15, 0.2) is 0 Å². The molecule has 0 amide bonds. The van der Waals surface area contributed by atoms with Gasteiger partial charge in [-0.05, 0) is 24.3 Å². The second-order valence-electron chi connectivity index (χ2n) is 5.38. The van der Waals surface area contributed by atoms with Crippen LogP contribution >= 0.6 is 58.6 Å². The number of para-hydroxylation sites is 1. The van der Waals surface area contributed by atoms with E-state index in [-0.39, 0.29) is 9.70 Å². The van der Waals surface area contributed by atoms with Gasteiger partial charge in [0.25, 0.3) is 4.45 Å². The first kappa shape index (κ1) is 20.4. The second kappa shape index (κ2) is 9.75. The lowest BCUT2D eigenvalue weighted by Crippen LogP contribution is -2.08. The minimum Gasteiger partial charge on any atom is -0.417 e. The second-order valence-corrected chi connectivity index (χ2v) is 8.77. The Morgan fingerprint density at radius 3 is 2.48 bits per heavy atom. The number of benzene rings is 2. The topological polar surface area (TPSA) is 44.1 Å². The van der Waals surface area contributed by atoms with Crippen LogP contribution < -0.4 is 4.18 Å². The van der Waals surface area contributed by atoms with Crippen molar-refractivity contribution < 1.29 is 8.98 Å². The van der Waals surface area contributed by atoms with Crippen LogP contribution in [0.15, 0.2) is 61.2 Å². The van der Waals surface area contributed by atoms with E-state index in [4.69, 9.17) is 39.0 Å². The summed E-state index contributed by atoms with van der Waals surface area (Å²) in [7, 11) is 0. The van der Waals surface area contributed by atoms with Crippen molar-refractivity contribution in [2.24, 2.45) is 0 Å². The number of nitrogens with zero attached hydrogens (tertiary/aromatic N) is 2. The monoisotopic (exact) mass is 458 g/mol. The third-order valence-electron chi connectivity index (χ3n) is 3.49. The predicted octanol–water partition coefficient (Wildman–Crippen LogP) is 7.17. The van der Waals surface area contributed by atoms with Crippen molar-refractivity contribution in [2.45, 2.75) is 11.8 Å². The molecule has 9 heteroatoms. The molecule has 0 fully saturated rings. The molecule has 0 aliphatic carbocycles. The fraction of sp³-hybridized carbons (Fsp3) is 0.111. The van der Waals surface area contributed by atoms with Gasteiger partial charge in [0.05, 0.1) is 11.6 Å². The fourth-order valence-corrected chi connectivity index (χ4v) is 5.27. The molecule has 0 spiro atoms. The highest BCUT2D eigenvalue weighted by Gasteiger charge is 2.24. The zero-order chi connectivity index (χ0) is 19.2. The maximum absolute atomic E-state index is 12.5. The van der Waals surface area contributed by atoms with E-state index < -0.39 is 0 Å². The van der Waals surface area contributed by atoms with Crippen molar-refractivity contribution in [3.05, 3.63) is 81.8 Å². The molecule has 4 nitrogen and oxygen atoms in total. The number of halogens is 3. The summed E-state index contributed by atoms with van der Waals surface area (Å²) in [6.45, 7) is 0.462. The minimum atomic E-state index is -0.337. The normalized spacial score (nSPS) is 12.0. The largest absolute Gasteiger partial charge is 0.417 e. The number of thioether (sulfide) groups is 1. The van der Waals surface area contributed by atoms with E-state index in [1.54, 1.807) is 36.8 Å². The van der Waals surface area contributed by atoms with Crippen LogP contribution in [-0.2, 0) is 6.54 Å². The SMILES string of the molecule is O=C(SOc1ccccc1)SC(Cn1ccnc1)c1c(Cl)cc(Cl)cc1Cl. The average molecular weight is 460 g/mol. The molecule has 27 heavy (non-hydrogen) atoms. The number of carbonyl (C=O) groups is 1. The van der Waals surface area contributed by atoms with Crippen LogP contribution in [0.2, 0.25) is 15.1 Å². The van der Waals surface area contributed by atoms with E-state index in [9.17, 15) is 4.79 Å². The predicted molar refractivity (Wildman–Crippen MR) is 114 cm³/mol. The van der Waals surface area contributed by atoms with Crippen LogP contribution in [0.25, 0.3) is 0 Å². The molecule has 1 unspecified atom stereocenters. The molecule has 140 valence electrons. The highest BCUT2D eigenvalue weighted by atomic mass is 35.5. The van der Waals surface area contributed by atoms with Gasteiger partial charge in [-0.1, -0.05) is 64.8 Å². The Bertz CT molecular complexity index is 885. The first-order chi connectivity index (χ1) is 13.0. The Balaban J connectivity index is 1.77. The summed E-state index contributed by atoms with van der Waals surface area (Å²) in [4.78, 5) is 16.5. The van der Waals surface area contributed by atoms with Gasteiger partial charge in [0, 0.05) is 39.6 Å². The zero-order valence-corrected chi connectivity index (χ0v) is 17.6. The lowest BCUT2D eigenvalue weighted by molar-refractivity contribution is 0.275. The highest BCUT2D eigenvalue weighted by molar-refractivity contribution is 8.37. The molecule has 0 radical (unpaired) electrons. The molecule has 2 aromatic carbocycles. The number of hydrogen-bond acceptors (Lipinski definition) is 5. The van der Waals surface area contributed by atoms with E-state index in [2.05, 4.69) is 4.98 Å². The molecule has 0 saturated carbocycles. The minimum absolute atomic E-state index is 0.217. The molecule has 1 aromatic heterocycles. The lowest BCUT2D eigenvalue weighted by atomic mass is 10.1. The standard InChI is InChI=1S/C18H13Cl3N2O2S2/c19-12-8-14(20)17(15(21)9-12)16(10-23-7-6-22-11-23)26-18(24)27-25-13-4-2-1-3-5-13/h1-9,11,16H,10H2. The summed E-state index contributed by atoms with van der Waals surface area (Å²) in [6.07, 6.45) is 5.15. The van der Waals surface area contributed by atoms with Crippen LogP contribution in [0, 0.1) is 0 Å². The first-order valence-electron chi connectivity index (χ1n) is 7.73. The van der Waals surface area contributed by atoms with E-state index in [0.29, 0.717) is 32.9 Å². The number of rotatable bonds is 6. The maximum atomic E-state index is 12.5. The fourth-order valence-electron chi connectivity index (χ4n) is 2.33. The van der Waals surface area contributed by atoms with Crippen LogP contribution in [0.4, 0.5) is 4.79 Å². The summed E-state index contributed by atoms with van der Waals surface area (Å²) < 4.78 is 7.10. The van der Waals surface area contributed by atoms with Gasteiger partial charge in [-0.25, -0.2) is 4.98 Å². The van der Waals surface area contributed by atoms with Crippen LogP contribution in [-0.4, -0.2) is 14.0 Å². The molecule has 1 heterocycles. The average Bonchev–Trinajstić information content (AvgIpc) is 3.13. The molecule has 3 aromatic rings. The quantitative estimate of drug-likeness (QED) is 0.366. The van der Waals surface area contributed by atoms with Crippen LogP contribution in [0.1, 0.15) is 10.8 Å². The third-order valence-corrected chi connectivity index (χ3v) is 6.10. The zero-order valence-electron chi connectivity index (χ0n) is 13.7. The maximum Gasteiger partial charge on any atom is 0.285 e. The molecule has 0 N–H and O–H groups in total. The molecule has 0 aliphatic heterocycles. The third kappa shape index (κ3) is 5.83. The Morgan fingerprint density at radius 2 is 1.85 bits per heavy atom. The van der Waals surface area contributed by atoms with E-state index >= 15 is 0 Å². The van der Waals surface area contributed by atoms with E-state index in [1.807, 2.05) is 29.0 Å². The number of aromatic nitrogens is 2. The Hall–Kier alpha value is -1.31. The molecule has 1 atom stereocenters. The van der Waals surface area contributed by atoms with Crippen molar-refractivity contribution in [1.82, 2.24) is 9.55 Å². The first-order valence-corrected chi connectivity index (χ1v) is 10.5. The van der Waals surface area contributed by atoms with E-state index in [0.717, 1.165) is 23.8 Å². The summed E-state index contributed by atoms with van der Waals surface area (Å²) >= 11 is 20.6. The van der Waals surface area contributed by atoms with Gasteiger partial charge in [-0.15, -0.1) is 0 Å². The lowest BCUT2D eigenvalue weighted by Gasteiger charge is -2.19. The molecule has 0 bridgehead atoms. The van der Waals surface area contributed by atoms with Crippen molar-refractivity contribution in [1.29, 1.82) is 0 Å². The summed E-state index contributed by atoms with van der Waals surface area (Å²) in [6, 6.07) is 12.3. The van der Waals surface area contributed by atoms with Gasteiger partial charge in [0.1, 0.15) is 17.8 Å². The Morgan fingerprint density at radius 1 is 1.15 bits per heavy atom. The van der Waals surface area contributed by atoms with Gasteiger partial charge < -0.3 is 8.75 Å². The van der Waals surface area contributed by atoms with Crippen LogP contribution in [0.5, 0.6) is 5.75 Å². The van der Waals surface area contributed by atoms with Crippen molar-refractivity contribution in [3.8, 4) is 5.75 Å². The summed E-state index contributed by atoms with van der Waals surface area (Å²) in [5.74, 6) is 0.602. The van der Waals surface area contributed by atoms with E-state index in [1.165, 1.54) is 0 Å². The Kier molecular flexibility index (Phi) is 7.38. The highest BCUT2D eigenvalue weighted by Crippen LogP contribution is 2.43. The van der Waals surface area contributed by atoms with Gasteiger partial charge in [-0.2, -0.15) is 0 Å². The number of carbonyl (C=O) groups excluding carboxylic acids is 1. The van der Waals surface area contributed by atoms with Crippen molar-refractivity contribution in [2.75, 3.05) is 0 Å². The number of imidazole rings is 1. The molecular weight excluding hydrogens is 447 g/mol. The van der Waals surface area contributed by atoms with Gasteiger partial charge in [0.2, 0.25) is 0 Å². The van der Waals surface area contributed by atoms with Crippen molar-refractivity contribution >= 4 is 63.1 Å².